The standard InChI is InChI=1S/C20H22N.C11H9Cl.C9H13N.C2H6O.ClH/c1-3-16(2)17-11-13-21(14-12-17)15-19-9-6-8-18-7-4-5-10-20(18)19;12-8-10-6-3-5-9-4-1-2-7-11(9)10;1-3-8(2)9-4-6-10-7-5-9;1-2-3;/h4-14,16H,3,15H2,1-2H3;1-7H,8H2;4-8H,3H2,1-2H3;3H,2H2,1H3;1H/q+1;;;;/p-1. The van der Waals surface area contributed by atoms with Crippen LogP contribution in [0.5, 0.6) is 0 Å². The van der Waals surface area contributed by atoms with Crippen molar-refractivity contribution in [3.63, 3.8) is 0 Å². The van der Waals surface area contributed by atoms with E-state index in [1.165, 1.54) is 56.6 Å². The maximum absolute atomic E-state index is 7.57. The molecule has 2 aromatic heterocycles. The Morgan fingerprint density at radius 3 is 1.53 bits per heavy atom. The molecular formula is C42H50Cl2N2O. The number of aromatic nitrogens is 2. The SMILES string of the molecule is CCC(C)c1cc[n+](Cc2cccc3ccccc23)cc1.CCC(C)c1ccncc1.CCO.ClCc1cccc2ccccc12.[Cl-]. The first-order chi connectivity index (χ1) is 22.4. The molecule has 1 N–H and O–H groups in total. The van der Waals surface area contributed by atoms with E-state index >= 15 is 0 Å². The lowest BCUT2D eigenvalue weighted by molar-refractivity contribution is -0.688. The summed E-state index contributed by atoms with van der Waals surface area (Å²) in [6.45, 7) is 11.8. The fourth-order valence-electron chi connectivity index (χ4n) is 5.10. The minimum atomic E-state index is 0. The Labute approximate surface area is 293 Å². The molecule has 0 fully saturated rings. The van der Waals surface area contributed by atoms with Gasteiger partial charge in [-0.15, -0.1) is 11.6 Å². The molecule has 0 aliphatic heterocycles. The summed E-state index contributed by atoms with van der Waals surface area (Å²) in [5.74, 6) is 1.89. The molecule has 0 radical (unpaired) electrons. The molecule has 0 saturated carbocycles. The van der Waals surface area contributed by atoms with Gasteiger partial charge in [0.15, 0.2) is 18.9 Å². The number of pyridine rings is 2. The summed E-state index contributed by atoms with van der Waals surface area (Å²) in [7, 11) is 0. The van der Waals surface area contributed by atoms with Crippen molar-refractivity contribution < 1.29 is 22.1 Å². The topological polar surface area (TPSA) is 37.0 Å². The predicted molar refractivity (Wildman–Crippen MR) is 198 cm³/mol. The van der Waals surface area contributed by atoms with Gasteiger partial charge >= 0.3 is 0 Å². The third-order valence-electron chi connectivity index (χ3n) is 8.24. The van der Waals surface area contributed by atoms with E-state index in [1.807, 2.05) is 30.6 Å². The number of aliphatic hydroxyl groups excluding tert-OH is 1. The Bertz CT molecular complexity index is 1700. The number of hydrogen-bond donors (Lipinski definition) is 1. The van der Waals surface area contributed by atoms with Crippen LogP contribution < -0.4 is 17.0 Å². The Morgan fingerprint density at radius 1 is 0.617 bits per heavy atom. The van der Waals surface area contributed by atoms with E-state index in [-0.39, 0.29) is 19.0 Å². The lowest BCUT2D eigenvalue weighted by atomic mass is 10.00. The van der Waals surface area contributed by atoms with Crippen molar-refractivity contribution in [3.05, 3.63) is 156 Å². The van der Waals surface area contributed by atoms with Gasteiger partial charge in [-0.2, -0.15) is 0 Å². The van der Waals surface area contributed by atoms with Gasteiger partial charge in [-0.1, -0.05) is 113 Å². The molecule has 47 heavy (non-hydrogen) atoms. The van der Waals surface area contributed by atoms with Gasteiger partial charge in [0.2, 0.25) is 0 Å². The Morgan fingerprint density at radius 2 is 1.04 bits per heavy atom. The molecule has 2 unspecified atom stereocenters. The van der Waals surface area contributed by atoms with Crippen molar-refractivity contribution in [2.75, 3.05) is 6.61 Å². The van der Waals surface area contributed by atoms with Crippen LogP contribution in [0, 0.1) is 0 Å². The van der Waals surface area contributed by atoms with E-state index in [0.29, 0.717) is 17.7 Å². The third-order valence-corrected chi connectivity index (χ3v) is 8.53. The molecule has 0 bridgehead atoms. The lowest BCUT2D eigenvalue weighted by Crippen LogP contribution is -3.00. The van der Waals surface area contributed by atoms with E-state index < -0.39 is 0 Å². The van der Waals surface area contributed by atoms with Crippen LogP contribution in [0.1, 0.15) is 81.5 Å². The summed E-state index contributed by atoms with van der Waals surface area (Å²) >= 11 is 5.81. The van der Waals surface area contributed by atoms with Crippen LogP contribution in [0.4, 0.5) is 0 Å². The fourth-order valence-corrected chi connectivity index (χ4v) is 5.34. The Balaban J connectivity index is 0.000000251. The maximum atomic E-state index is 7.57. The second kappa shape index (κ2) is 21.9. The van der Waals surface area contributed by atoms with Crippen molar-refractivity contribution in [1.82, 2.24) is 4.98 Å². The average molecular weight is 670 g/mol. The number of hydrogen-bond acceptors (Lipinski definition) is 2. The fraction of sp³-hybridized carbons (Fsp3) is 0.286. The molecule has 0 saturated heterocycles. The zero-order valence-electron chi connectivity index (χ0n) is 28.5. The summed E-state index contributed by atoms with van der Waals surface area (Å²) in [4.78, 5) is 3.96. The van der Waals surface area contributed by atoms with Crippen LogP contribution >= 0.6 is 11.6 Å². The van der Waals surface area contributed by atoms with Gasteiger partial charge in [0, 0.05) is 42.6 Å². The smallest absolute Gasteiger partial charge is 0.174 e. The highest BCUT2D eigenvalue weighted by Crippen LogP contribution is 2.21. The number of nitrogens with zero attached hydrogens (tertiary/aromatic N) is 2. The molecule has 248 valence electrons. The van der Waals surface area contributed by atoms with Crippen molar-refractivity contribution in [1.29, 1.82) is 0 Å². The Hall–Kier alpha value is -3.76. The number of fused-ring (bicyclic) bond motifs is 2. The van der Waals surface area contributed by atoms with Gasteiger partial charge in [0.05, 0.1) is 0 Å². The van der Waals surface area contributed by atoms with Crippen LogP contribution in [0.15, 0.2) is 134 Å². The molecule has 2 heterocycles. The van der Waals surface area contributed by atoms with E-state index in [0.717, 1.165) is 6.54 Å². The first kappa shape index (κ1) is 39.4. The quantitative estimate of drug-likeness (QED) is 0.139. The minimum Gasteiger partial charge on any atom is -1.00 e. The van der Waals surface area contributed by atoms with Crippen molar-refractivity contribution in [2.45, 2.75) is 71.7 Å². The molecule has 0 spiro atoms. The normalized spacial score (nSPS) is 11.4. The molecular weight excluding hydrogens is 619 g/mol. The van der Waals surface area contributed by atoms with Crippen LogP contribution in [0.3, 0.4) is 0 Å². The number of aliphatic hydroxyl groups is 1. The molecule has 0 aliphatic rings. The summed E-state index contributed by atoms with van der Waals surface area (Å²) in [5, 5.41) is 12.7. The molecule has 3 nitrogen and oxygen atoms in total. The lowest BCUT2D eigenvalue weighted by Gasteiger charge is -2.08. The molecule has 2 atom stereocenters. The van der Waals surface area contributed by atoms with Crippen molar-refractivity contribution in [2.24, 2.45) is 0 Å². The van der Waals surface area contributed by atoms with Gasteiger partial charge in [-0.05, 0) is 82.0 Å². The second-order valence-electron chi connectivity index (χ2n) is 11.4. The summed E-state index contributed by atoms with van der Waals surface area (Å²) in [5.41, 5.74) is 5.38. The van der Waals surface area contributed by atoms with Crippen molar-refractivity contribution in [3.8, 4) is 0 Å². The number of alkyl halides is 1. The largest absolute Gasteiger partial charge is 1.00 e. The van der Waals surface area contributed by atoms with Gasteiger partial charge in [-0.25, -0.2) is 4.57 Å². The number of halogens is 2. The van der Waals surface area contributed by atoms with Gasteiger partial charge < -0.3 is 17.5 Å². The predicted octanol–water partition coefficient (Wildman–Crippen LogP) is 7.87. The molecule has 0 aliphatic carbocycles. The molecule has 6 aromatic rings. The first-order valence-electron chi connectivity index (χ1n) is 16.4. The Kier molecular flexibility index (Phi) is 18.4. The van der Waals surface area contributed by atoms with Crippen molar-refractivity contribution >= 4 is 33.1 Å². The van der Waals surface area contributed by atoms with E-state index in [9.17, 15) is 0 Å². The highest BCUT2D eigenvalue weighted by atomic mass is 35.5. The van der Waals surface area contributed by atoms with Crippen LogP contribution in [0.25, 0.3) is 21.5 Å². The average Bonchev–Trinajstić information content (AvgIpc) is 3.12. The zero-order valence-corrected chi connectivity index (χ0v) is 30.0. The van der Waals surface area contributed by atoms with E-state index in [1.54, 1.807) is 6.92 Å². The number of benzene rings is 4. The molecule has 6 rings (SSSR count). The highest BCUT2D eigenvalue weighted by molar-refractivity contribution is 6.18. The second-order valence-corrected chi connectivity index (χ2v) is 11.7. The summed E-state index contributed by atoms with van der Waals surface area (Å²) in [6, 6.07) is 38.3. The van der Waals surface area contributed by atoms with Gasteiger partial charge in [0.1, 0.15) is 0 Å². The highest BCUT2D eigenvalue weighted by Gasteiger charge is 2.09. The van der Waals surface area contributed by atoms with E-state index in [2.05, 4.69) is 141 Å². The van der Waals surface area contributed by atoms with Crippen LogP contribution in [0.2, 0.25) is 0 Å². The molecule has 0 amide bonds. The maximum Gasteiger partial charge on any atom is 0.174 e. The molecule has 5 heteroatoms. The van der Waals surface area contributed by atoms with Crippen LogP contribution in [-0.2, 0) is 12.4 Å². The monoisotopic (exact) mass is 668 g/mol. The zero-order chi connectivity index (χ0) is 33.1. The molecule has 4 aromatic carbocycles. The van der Waals surface area contributed by atoms with Crippen LogP contribution in [-0.4, -0.2) is 16.7 Å². The summed E-state index contributed by atoms with van der Waals surface area (Å²) in [6.07, 6.45) is 10.5. The van der Waals surface area contributed by atoms with E-state index in [4.69, 9.17) is 16.7 Å². The van der Waals surface area contributed by atoms with Gasteiger partial charge in [-0.3, -0.25) is 4.98 Å². The third kappa shape index (κ3) is 12.4. The first-order valence-corrected chi connectivity index (χ1v) is 17.0. The summed E-state index contributed by atoms with van der Waals surface area (Å²) < 4.78 is 2.26. The number of rotatable bonds is 7. The minimum absolute atomic E-state index is 0. The van der Waals surface area contributed by atoms with Gasteiger partial charge in [0.25, 0.3) is 0 Å².